The average molecular weight is 208 g/mol. The zero-order valence-corrected chi connectivity index (χ0v) is 9.61. The lowest BCUT2D eigenvalue weighted by atomic mass is 10.0. The van der Waals surface area contributed by atoms with E-state index in [2.05, 4.69) is 14.8 Å². The molecule has 0 amide bonds. The Morgan fingerprint density at radius 3 is 2.73 bits per heavy atom. The van der Waals surface area contributed by atoms with Gasteiger partial charge in [-0.15, -0.1) is 10.2 Å². The van der Waals surface area contributed by atoms with Crippen LogP contribution in [0.5, 0.6) is 0 Å². The predicted molar refractivity (Wildman–Crippen MR) is 59.5 cm³/mol. The van der Waals surface area contributed by atoms with E-state index in [0.29, 0.717) is 6.04 Å². The fraction of sp³-hybridized carbons (Fsp3) is 0.818. The molecule has 1 aromatic heterocycles. The fourth-order valence-corrected chi connectivity index (χ4v) is 2.29. The van der Waals surface area contributed by atoms with E-state index in [-0.39, 0.29) is 5.54 Å². The van der Waals surface area contributed by atoms with E-state index in [0.717, 1.165) is 12.2 Å². The van der Waals surface area contributed by atoms with Crippen molar-refractivity contribution in [2.75, 3.05) is 0 Å². The minimum absolute atomic E-state index is 0.205. The van der Waals surface area contributed by atoms with Crippen molar-refractivity contribution >= 4 is 0 Å². The molecule has 4 heteroatoms. The van der Waals surface area contributed by atoms with E-state index in [1.807, 2.05) is 20.2 Å². The molecular formula is C11H20N4. The number of hydrogen-bond donors (Lipinski definition) is 1. The van der Waals surface area contributed by atoms with Crippen molar-refractivity contribution in [1.29, 1.82) is 0 Å². The number of nitrogens with zero attached hydrogens (tertiary/aromatic N) is 3. The Balaban J connectivity index is 2.14. The van der Waals surface area contributed by atoms with E-state index >= 15 is 0 Å². The van der Waals surface area contributed by atoms with Crippen molar-refractivity contribution in [3.63, 3.8) is 0 Å². The van der Waals surface area contributed by atoms with Gasteiger partial charge in [-0.3, -0.25) is 0 Å². The summed E-state index contributed by atoms with van der Waals surface area (Å²) in [6.45, 7) is 4.06. The predicted octanol–water partition coefficient (Wildman–Crippen LogP) is 1.67. The van der Waals surface area contributed by atoms with Crippen LogP contribution in [0.4, 0.5) is 0 Å². The molecule has 1 aromatic rings. The average Bonchev–Trinajstić information content (AvgIpc) is 2.68. The zero-order chi connectivity index (χ0) is 10.9. The molecule has 2 rings (SSSR count). The summed E-state index contributed by atoms with van der Waals surface area (Å²) >= 11 is 0. The summed E-state index contributed by atoms with van der Waals surface area (Å²) in [7, 11) is 0. The van der Waals surface area contributed by atoms with E-state index < -0.39 is 0 Å². The van der Waals surface area contributed by atoms with E-state index in [9.17, 15) is 0 Å². The van der Waals surface area contributed by atoms with Crippen molar-refractivity contribution in [1.82, 2.24) is 14.8 Å². The van der Waals surface area contributed by atoms with E-state index in [1.54, 1.807) is 0 Å². The minimum atomic E-state index is -0.205. The first-order chi connectivity index (χ1) is 7.06. The lowest BCUT2D eigenvalue weighted by Gasteiger charge is -2.20. The van der Waals surface area contributed by atoms with Crippen LogP contribution in [0.2, 0.25) is 0 Å². The minimum Gasteiger partial charge on any atom is -0.325 e. The molecule has 0 spiro atoms. The molecule has 0 aromatic carbocycles. The summed E-state index contributed by atoms with van der Waals surface area (Å²) in [5.41, 5.74) is 5.81. The van der Waals surface area contributed by atoms with Gasteiger partial charge in [-0.25, -0.2) is 0 Å². The molecule has 84 valence electrons. The fourth-order valence-electron chi connectivity index (χ4n) is 2.29. The van der Waals surface area contributed by atoms with Gasteiger partial charge in [-0.2, -0.15) is 0 Å². The maximum Gasteiger partial charge on any atom is 0.134 e. The Labute approximate surface area is 90.9 Å². The lowest BCUT2D eigenvalue weighted by Crippen LogP contribution is -2.35. The van der Waals surface area contributed by atoms with Gasteiger partial charge in [0, 0.05) is 18.0 Å². The third kappa shape index (κ3) is 2.56. The lowest BCUT2D eigenvalue weighted by molar-refractivity contribution is 0.447. The summed E-state index contributed by atoms with van der Waals surface area (Å²) in [5, 5.41) is 8.19. The first-order valence-corrected chi connectivity index (χ1v) is 5.73. The van der Waals surface area contributed by atoms with Gasteiger partial charge in [0.15, 0.2) is 0 Å². The Morgan fingerprint density at radius 2 is 2.13 bits per heavy atom. The molecular weight excluding hydrogens is 188 g/mol. The quantitative estimate of drug-likeness (QED) is 0.822. The second kappa shape index (κ2) is 3.93. The van der Waals surface area contributed by atoms with Gasteiger partial charge in [-0.1, -0.05) is 12.8 Å². The molecule has 0 unspecified atom stereocenters. The Kier molecular flexibility index (Phi) is 2.78. The summed E-state index contributed by atoms with van der Waals surface area (Å²) in [6.07, 6.45) is 7.83. The molecule has 0 atom stereocenters. The molecule has 1 saturated carbocycles. The molecule has 15 heavy (non-hydrogen) atoms. The van der Waals surface area contributed by atoms with Crippen molar-refractivity contribution in [2.45, 2.75) is 57.5 Å². The topological polar surface area (TPSA) is 56.7 Å². The smallest absolute Gasteiger partial charge is 0.134 e. The highest BCUT2D eigenvalue weighted by molar-refractivity contribution is 4.97. The standard InChI is InChI=1S/C11H20N4/c1-11(2,12)7-10-14-13-8-15(10)9-5-3-4-6-9/h8-9H,3-7,12H2,1-2H3. The molecule has 0 radical (unpaired) electrons. The van der Waals surface area contributed by atoms with Crippen LogP contribution in [0.1, 0.15) is 51.4 Å². The first kappa shape index (κ1) is 10.6. The molecule has 1 aliphatic carbocycles. The molecule has 4 nitrogen and oxygen atoms in total. The van der Waals surface area contributed by atoms with Gasteiger partial charge < -0.3 is 10.3 Å². The van der Waals surface area contributed by atoms with Crippen LogP contribution in [0.15, 0.2) is 6.33 Å². The molecule has 2 N–H and O–H groups in total. The van der Waals surface area contributed by atoms with Crippen molar-refractivity contribution in [2.24, 2.45) is 5.73 Å². The normalized spacial score (nSPS) is 18.6. The monoisotopic (exact) mass is 208 g/mol. The second-order valence-corrected chi connectivity index (χ2v) is 5.26. The molecule has 1 heterocycles. The molecule has 1 fully saturated rings. The van der Waals surface area contributed by atoms with Gasteiger partial charge in [0.25, 0.3) is 0 Å². The number of rotatable bonds is 3. The number of hydrogen-bond acceptors (Lipinski definition) is 3. The third-order valence-electron chi connectivity index (χ3n) is 2.98. The maximum atomic E-state index is 6.01. The van der Waals surface area contributed by atoms with Gasteiger partial charge in [0.1, 0.15) is 12.2 Å². The van der Waals surface area contributed by atoms with E-state index in [4.69, 9.17) is 5.73 Å². The van der Waals surface area contributed by atoms with Gasteiger partial charge in [-0.05, 0) is 26.7 Å². The summed E-state index contributed by atoms with van der Waals surface area (Å²) in [6, 6.07) is 0.609. The summed E-state index contributed by atoms with van der Waals surface area (Å²) < 4.78 is 2.22. The Hall–Kier alpha value is -0.900. The highest BCUT2D eigenvalue weighted by atomic mass is 15.3. The number of nitrogens with two attached hydrogens (primary N) is 1. The van der Waals surface area contributed by atoms with Crippen molar-refractivity contribution < 1.29 is 0 Å². The SMILES string of the molecule is CC(C)(N)Cc1nncn1C1CCCC1. The largest absolute Gasteiger partial charge is 0.325 e. The van der Waals surface area contributed by atoms with Crippen LogP contribution in [0.3, 0.4) is 0 Å². The van der Waals surface area contributed by atoms with Gasteiger partial charge in [0.2, 0.25) is 0 Å². The Bertz CT molecular complexity index is 318. The van der Waals surface area contributed by atoms with Gasteiger partial charge >= 0.3 is 0 Å². The maximum absolute atomic E-state index is 6.01. The zero-order valence-electron chi connectivity index (χ0n) is 9.61. The van der Waals surface area contributed by atoms with Crippen LogP contribution in [0, 0.1) is 0 Å². The summed E-state index contributed by atoms with van der Waals surface area (Å²) in [5.74, 6) is 1.04. The highest BCUT2D eigenvalue weighted by Gasteiger charge is 2.22. The van der Waals surface area contributed by atoms with Crippen molar-refractivity contribution in [3.8, 4) is 0 Å². The first-order valence-electron chi connectivity index (χ1n) is 5.73. The van der Waals surface area contributed by atoms with Crippen LogP contribution >= 0.6 is 0 Å². The van der Waals surface area contributed by atoms with Crippen molar-refractivity contribution in [3.05, 3.63) is 12.2 Å². The second-order valence-electron chi connectivity index (χ2n) is 5.26. The highest BCUT2D eigenvalue weighted by Crippen LogP contribution is 2.30. The van der Waals surface area contributed by atoms with Gasteiger partial charge in [0.05, 0.1) is 0 Å². The molecule has 0 bridgehead atoms. The van der Waals surface area contributed by atoms with Crippen LogP contribution in [-0.4, -0.2) is 20.3 Å². The summed E-state index contributed by atoms with van der Waals surface area (Å²) in [4.78, 5) is 0. The molecule has 0 aliphatic heterocycles. The van der Waals surface area contributed by atoms with Crippen LogP contribution < -0.4 is 5.73 Å². The molecule has 1 aliphatic rings. The van der Waals surface area contributed by atoms with Crippen LogP contribution in [-0.2, 0) is 6.42 Å². The number of aromatic nitrogens is 3. The third-order valence-corrected chi connectivity index (χ3v) is 2.98. The van der Waals surface area contributed by atoms with Crippen LogP contribution in [0.25, 0.3) is 0 Å². The van der Waals surface area contributed by atoms with E-state index in [1.165, 1.54) is 25.7 Å². The molecule has 0 saturated heterocycles. The Morgan fingerprint density at radius 1 is 1.47 bits per heavy atom.